The van der Waals surface area contributed by atoms with Crippen LogP contribution in [0.4, 0.5) is 5.69 Å². The molecule has 5 nitrogen and oxygen atoms in total. The average molecular weight is 437 g/mol. The van der Waals surface area contributed by atoms with E-state index < -0.39 is 5.97 Å². The molecule has 0 spiro atoms. The van der Waals surface area contributed by atoms with Crippen molar-refractivity contribution in [3.8, 4) is 5.75 Å². The van der Waals surface area contributed by atoms with Gasteiger partial charge in [0.15, 0.2) is 6.61 Å². The molecular weight excluding hydrogens is 421 g/mol. The smallest absolute Gasteiger partial charge is 0.342 e. The van der Waals surface area contributed by atoms with Gasteiger partial charge in [0.25, 0.3) is 5.91 Å². The van der Waals surface area contributed by atoms with Crippen LogP contribution in [0.5, 0.6) is 5.75 Å². The monoisotopic (exact) mass is 437 g/mol. The van der Waals surface area contributed by atoms with Gasteiger partial charge in [-0.25, -0.2) is 4.79 Å². The molecule has 0 saturated heterocycles. The highest BCUT2D eigenvalue weighted by molar-refractivity contribution is 14.1. The topological polar surface area (TPSA) is 66.8 Å². The third-order valence-corrected chi connectivity index (χ3v) is 4.65. The summed E-state index contributed by atoms with van der Waals surface area (Å²) >= 11 is 2.04. The van der Waals surface area contributed by atoms with Gasteiger partial charge < -0.3 is 14.7 Å². The van der Waals surface area contributed by atoms with Gasteiger partial charge in [-0.15, -0.1) is 0 Å². The molecule has 0 saturated carbocycles. The van der Waals surface area contributed by atoms with Gasteiger partial charge in [-0.05, 0) is 65.8 Å². The quantitative estimate of drug-likeness (QED) is 0.592. The summed E-state index contributed by atoms with van der Waals surface area (Å²) in [5, 5.41) is 9.75. The van der Waals surface area contributed by atoms with Crippen LogP contribution in [-0.4, -0.2) is 29.6 Å². The van der Waals surface area contributed by atoms with Crippen molar-refractivity contribution in [3.05, 3.63) is 57.2 Å². The van der Waals surface area contributed by atoms with E-state index in [9.17, 15) is 14.7 Å². The average Bonchev–Trinajstić information content (AvgIpc) is 2.90. The van der Waals surface area contributed by atoms with Crippen LogP contribution in [0.25, 0.3) is 0 Å². The maximum absolute atomic E-state index is 12.5. The van der Waals surface area contributed by atoms with Crippen LogP contribution >= 0.6 is 22.6 Å². The summed E-state index contributed by atoms with van der Waals surface area (Å²) in [6.07, 6.45) is 0.785. The molecule has 1 aliphatic heterocycles. The molecule has 1 amide bonds. The Labute approximate surface area is 153 Å². The first-order valence-electron chi connectivity index (χ1n) is 7.53. The largest absolute Gasteiger partial charge is 0.507 e. The van der Waals surface area contributed by atoms with Crippen LogP contribution < -0.4 is 4.90 Å². The van der Waals surface area contributed by atoms with Crippen molar-refractivity contribution >= 4 is 40.2 Å². The second-order valence-electron chi connectivity index (χ2n) is 5.68. The standard InChI is InChI=1S/C18H16INO4/c1-11-8-12-4-2-3-5-15(12)20(11)17(22)10-24-18(23)14-9-13(19)6-7-16(14)21/h2-7,9,11,21H,8,10H2,1H3. The number of nitrogens with zero attached hydrogens (tertiary/aromatic N) is 1. The van der Waals surface area contributed by atoms with Gasteiger partial charge in [-0.1, -0.05) is 18.2 Å². The second-order valence-corrected chi connectivity index (χ2v) is 6.93. The van der Waals surface area contributed by atoms with E-state index in [1.165, 1.54) is 12.1 Å². The van der Waals surface area contributed by atoms with Crippen molar-refractivity contribution in [2.75, 3.05) is 11.5 Å². The lowest BCUT2D eigenvalue weighted by Gasteiger charge is -2.22. The van der Waals surface area contributed by atoms with Gasteiger partial charge in [0, 0.05) is 15.3 Å². The first-order chi connectivity index (χ1) is 11.5. The molecule has 1 atom stereocenters. The van der Waals surface area contributed by atoms with Crippen molar-refractivity contribution in [2.24, 2.45) is 0 Å². The number of phenolic OH excluding ortho intramolecular Hbond substituents is 1. The highest BCUT2D eigenvalue weighted by atomic mass is 127. The Hall–Kier alpha value is -2.09. The lowest BCUT2D eigenvalue weighted by atomic mass is 10.1. The highest BCUT2D eigenvalue weighted by Crippen LogP contribution is 2.31. The lowest BCUT2D eigenvalue weighted by Crippen LogP contribution is -2.38. The molecule has 1 aliphatic rings. The minimum absolute atomic E-state index is 0.0275. The maximum atomic E-state index is 12.5. The molecule has 0 fully saturated rings. The minimum Gasteiger partial charge on any atom is -0.507 e. The Morgan fingerprint density at radius 2 is 2.04 bits per heavy atom. The Morgan fingerprint density at radius 1 is 1.29 bits per heavy atom. The Morgan fingerprint density at radius 3 is 2.83 bits per heavy atom. The first-order valence-corrected chi connectivity index (χ1v) is 8.61. The number of ether oxygens (including phenoxy) is 1. The second kappa shape index (κ2) is 6.80. The van der Waals surface area contributed by atoms with Crippen molar-refractivity contribution in [3.63, 3.8) is 0 Å². The number of amides is 1. The fourth-order valence-corrected chi connectivity index (χ4v) is 3.38. The number of para-hydroxylation sites is 1. The van der Waals surface area contributed by atoms with Crippen LogP contribution in [-0.2, 0) is 16.0 Å². The predicted molar refractivity (Wildman–Crippen MR) is 98.2 cm³/mol. The number of carbonyl (C=O) groups excluding carboxylic acids is 2. The summed E-state index contributed by atoms with van der Waals surface area (Å²) in [5.41, 5.74) is 2.03. The normalized spacial score (nSPS) is 15.9. The van der Waals surface area contributed by atoms with Crippen LogP contribution in [0.2, 0.25) is 0 Å². The van der Waals surface area contributed by atoms with Gasteiger partial charge in [0.05, 0.1) is 0 Å². The predicted octanol–water partition coefficient (Wildman–Crippen LogP) is 3.13. The summed E-state index contributed by atoms with van der Waals surface area (Å²) in [5.74, 6) is -1.14. The molecule has 2 aromatic carbocycles. The summed E-state index contributed by atoms with van der Waals surface area (Å²) < 4.78 is 5.91. The fourth-order valence-electron chi connectivity index (χ4n) is 2.89. The SMILES string of the molecule is CC1Cc2ccccc2N1C(=O)COC(=O)c1cc(I)ccc1O. The number of halogens is 1. The van der Waals surface area contributed by atoms with Gasteiger partial charge >= 0.3 is 5.97 Å². The maximum Gasteiger partial charge on any atom is 0.342 e. The number of phenols is 1. The zero-order valence-electron chi connectivity index (χ0n) is 13.0. The molecule has 1 N–H and O–H groups in total. The summed E-state index contributed by atoms with van der Waals surface area (Å²) in [4.78, 5) is 26.3. The van der Waals surface area contributed by atoms with Crippen LogP contribution in [0.3, 0.4) is 0 Å². The zero-order valence-corrected chi connectivity index (χ0v) is 15.2. The Balaban J connectivity index is 1.70. The summed E-state index contributed by atoms with van der Waals surface area (Å²) in [7, 11) is 0. The van der Waals surface area contributed by atoms with E-state index in [1.54, 1.807) is 11.0 Å². The third kappa shape index (κ3) is 3.24. The summed E-state index contributed by atoms with van der Waals surface area (Å²) in [6, 6.07) is 12.4. The Kier molecular flexibility index (Phi) is 4.75. The van der Waals surface area contributed by atoms with Crippen molar-refractivity contribution in [1.82, 2.24) is 0 Å². The molecule has 3 rings (SSSR count). The molecule has 0 aromatic heterocycles. The van der Waals surface area contributed by atoms with E-state index in [0.29, 0.717) is 0 Å². The molecule has 1 heterocycles. The van der Waals surface area contributed by atoms with Gasteiger partial charge in [0.1, 0.15) is 11.3 Å². The van der Waals surface area contributed by atoms with E-state index in [-0.39, 0.29) is 29.9 Å². The lowest BCUT2D eigenvalue weighted by molar-refractivity contribution is -0.122. The first kappa shape index (κ1) is 16.8. The number of benzene rings is 2. The number of hydrogen-bond donors (Lipinski definition) is 1. The van der Waals surface area contributed by atoms with E-state index in [2.05, 4.69) is 0 Å². The molecule has 0 aliphatic carbocycles. The van der Waals surface area contributed by atoms with E-state index in [4.69, 9.17) is 4.74 Å². The number of carbonyl (C=O) groups is 2. The number of hydrogen-bond acceptors (Lipinski definition) is 4. The molecule has 6 heteroatoms. The van der Waals surface area contributed by atoms with Gasteiger partial charge in [-0.2, -0.15) is 0 Å². The van der Waals surface area contributed by atoms with E-state index in [0.717, 1.165) is 21.2 Å². The van der Waals surface area contributed by atoms with Gasteiger partial charge in [-0.3, -0.25) is 4.79 Å². The molecule has 0 bridgehead atoms. The molecule has 2 aromatic rings. The zero-order chi connectivity index (χ0) is 17.3. The molecule has 1 unspecified atom stereocenters. The van der Waals surface area contributed by atoms with Crippen LogP contribution in [0.1, 0.15) is 22.8 Å². The van der Waals surface area contributed by atoms with Crippen molar-refractivity contribution in [2.45, 2.75) is 19.4 Å². The van der Waals surface area contributed by atoms with E-state index >= 15 is 0 Å². The van der Waals surface area contributed by atoms with Crippen molar-refractivity contribution in [1.29, 1.82) is 0 Å². The number of fused-ring (bicyclic) bond motifs is 1. The van der Waals surface area contributed by atoms with Crippen molar-refractivity contribution < 1.29 is 19.4 Å². The summed E-state index contributed by atoms with van der Waals surface area (Å²) in [6.45, 7) is 1.60. The number of rotatable bonds is 3. The Bertz CT molecular complexity index is 805. The van der Waals surface area contributed by atoms with E-state index in [1.807, 2.05) is 53.8 Å². The molecule has 124 valence electrons. The number of aromatic hydroxyl groups is 1. The number of anilines is 1. The fraction of sp³-hybridized carbons (Fsp3) is 0.222. The molecule has 0 radical (unpaired) electrons. The molecular formula is C18H16INO4. The minimum atomic E-state index is -0.709. The molecule has 24 heavy (non-hydrogen) atoms. The number of esters is 1. The van der Waals surface area contributed by atoms with Crippen LogP contribution in [0.15, 0.2) is 42.5 Å². The third-order valence-electron chi connectivity index (χ3n) is 3.98. The van der Waals surface area contributed by atoms with Crippen LogP contribution in [0, 0.1) is 3.57 Å². The highest BCUT2D eigenvalue weighted by Gasteiger charge is 2.31. The van der Waals surface area contributed by atoms with Gasteiger partial charge in [0.2, 0.25) is 0 Å².